The van der Waals surface area contributed by atoms with Gasteiger partial charge >= 0.3 is 0 Å². The summed E-state index contributed by atoms with van der Waals surface area (Å²) >= 11 is 0. The fourth-order valence-corrected chi connectivity index (χ4v) is 4.99. The highest BCUT2D eigenvalue weighted by molar-refractivity contribution is 5.54. The molecule has 4 heteroatoms. The first-order valence-electron chi connectivity index (χ1n) is 9.74. The highest BCUT2D eigenvalue weighted by Crippen LogP contribution is 2.40. The van der Waals surface area contributed by atoms with E-state index >= 15 is 0 Å². The van der Waals surface area contributed by atoms with E-state index in [1.807, 2.05) is 6.92 Å². The molecular weight excluding hydrogens is 310 g/mol. The van der Waals surface area contributed by atoms with Gasteiger partial charge in [0.2, 0.25) is 0 Å². The van der Waals surface area contributed by atoms with E-state index in [0.29, 0.717) is 5.41 Å². The fraction of sp³-hybridized carbons (Fsp3) is 0.619. The number of aromatic nitrogens is 1. The molecule has 0 amide bonds. The third-order valence-corrected chi connectivity index (χ3v) is 6.41. The number of hydrogen-bond acceptors (Lipinski definition) is 3. The molecule has 1 unspecified atom stereocenters. The Kier molecular flexibility index (Phi) is 4.61. The third-order valence-electron chi connectivity index (χ3n) is 6.41. The van der Waals surface area contributed by atoms with Crippen molar-refractivity contribution in [2.24, 2.45) is 5.41 Å². The molecule has 4 nitrogen and oxygen atoms in total. The molecular formula is C21H31N3O. The normalized spacial score (nSPS) is 23.3. The van der Waals surface area contributed by atoms with E-state index in [9.17, 15) is 5.11 Å². The van der Waals surface area contributed by atoms with Crippen molar-refractivity contribution in [1.29, 1.82) is 0 Å². The van der Waals surface area contributed by atoms with Gasteiger partial charge in [0, 0.05) is 36.1 Å². The predicted octanol–water partition coefficient (Wildman–Crippen LogP) is 3.30. The maximum Gasteiger partial charge on any atom is 0.0780 e. The summed E-state index contributed by atoms with van der Waals surface area (Å²) in [4.78, 5) is 5.10. The number of nitrogens with zero attached hydrogens (tertiary/aromatic N) is 3. The molecule has 0 bridgehead atoms. The van der Waals surface area contributed by atoms with Crippen LogP contribution in [0.4, 0.5) is 0 Å². The second-order valence-electron chi connectivity index (χ2n) is 8.34. The van der Waals surface area contributed by atoms with E-state index in [-0.39, 0.29) is 0 Å². The fourth-order valence-electron chi connectivity index (χ4n) is 4.99. The predicted molar refractivity (Wildman–Crippen MR) is 102 cm³/mol. The minimum Gasteiger partial charge on any atom is -0.389 e. The summed E-state index contributed by atoms with van der Waals surface area (Å²) < 4.78 is 2.25. The van der Waals surface area contributed by atoms with Gasteiger partial charge in [0.25, 0.3) is 0 Å². The highest BCUT2D eigenvalue weighted by atomic mass is 16.3. The number of hydrogen-bond donors (Lipinski definition) is 1. The molecule has 2 aliphatic rings. The van der Waals surface area contributed by atoms with Gasteiger partial charge in [-0.1, -0.05) is 6.07 Å². The molecule has 2 aliphatic heterocycles. The van der Waals surface area contributed by atoms with Crippen LogP contribution in [0.2, 0.25) is 0 Å². The van der Waals surface area contributed by atoms with Crippen molar-refractivity contribution in [2.75, 3.05) is 33.2 Å². The molecule has 0 aromatic carbocycles. The zero-order valence-corrected chi connectivity index (χ0v) is 15.6. The van der Waals surface area contributed by atoms with Gasteiger partial charge in [0.15, 0.2) is 0 Å². The minimum atomic E-state index is -0.418. The zero-order valence-electron chi connectivity index (χ0n) is 15.6. The monoisotopic (exact) mass is 341 g/mol. The Morgan fingerprint density at radius 2 is 1.96 bits per heavy atom. The Hall–Kier alpha value is -1.36. The number of aliphatic hydroxyl groups is 1. The lowest BCUT2D eigenvalue weighted by Crippen LogP contribution is -2.48. The van der Waals surface area contributed by atoms with Crippen LogP contribution in [0.5, 0.6) is 0 Å². The van der Waals surface area contributed by atoms with E-state index < -0.39 is 6.10 Å². The van der Waals surface area contributed by atoms with E-state index in [1.165, 1.54) is 63.1 Å². The van der Waals surface area contributed by atoms with Gasteiger partial charge in [0.1, 0.15) is 0 Å². The molecule has 1 N–H and O–H groups in total. The first kappa shape index (κ1) is 17.1. The standard InChI is InChI=1S/C21H31N3O/c1-17(25)19-14-18-6-3-4-11-24(18)20(19)15-23-12-8-21(9-13-23)7-5-10-22(2)16-21/h3-4,6,11,14,17,25H,5,7-10,12-13,15-16H2,1-2H3. The minimum absolute atomic E-state index is 0.418. The lowest BCUT2D eigenvalue weighted by Gasteiger charge is -2.47. The van der Waals surface area contributed by atoms with Crippen LogP contribution in [0, 0.1) is 5.41 Å². The topological polar surface area (TPSA) is 31.1 Å². The maximum absolute atomic E-state index is 10.2. The molecule has 4 heterocycles. The molecule has 0 radical (unpaired) electrons. The average Bonchev–Trinajstić information content (AvgIpc) is 2.96. The van der Waals surface area contributed by atoms with Crippen molar-refractivity contribution >= 4 is 5.52 Å². The van der Waals surface area contributed by atoms with Crippen LogP contribution in [-0.2, 0) is 6.54 Å². The molecule has 1 spiro atoms. The van der Waals surface area contributed by atoms with Crippen LogP contribution in [0.3, 0.4) is 0 Å². The van der Waals surface area contributed by atoms with E-state index in [2.05, 4.69) is 51.7 Å². The number of fused-ring (bicyclic) bond motifs is 1. The summed E-state index contributed by atoms with van der Waals surface area (Å²) in [5.74, 6) is 0. The molecule has 1 atom stereocenters. The van der Waals surface area contributed by atoms with Crippen LogP contribution >= 0.6 is 0 Å². The summed E-state index contributed by atoms with van der Waals surface area (Å²) in [6.07, 6.45) is 7.08. The van der Waals surface area contributed by atoms with Crippen LogP contribution < -0.4 is 0 Å². The second-order valence-corrected chi connectivity index (χ2v) is 8.34. The van der Waals surface area contributed by atoms with Gasteiger partial charge in [-0.05, 0) is 82.9 Å². The summed E-state index contributed by atoms with van der Waals surface area (Å²) in [6, 6.07) is 8.40. The number of pyridine rings is 1. The van der Waals surface area contributed by atoms with E-state index in [4.69, 9.17) is 0 Å². The Bertz CT molecular complexity index is 728. The van der Waals surface area contributed by atoms with E-state index in [0.717, 1.165) is 12.1 Å². The average molecular weight is 341 g/mol. The lowest BCUT2D eigenvalue weighted by molar-refractivity contribution is 0.0310. The maximum atomic E-state index is 10.2. The van der Waals surface area contributed by atoms with Crippen LogP contribution in [-0.4, -0.2) is 52.5 Å². The van der Waals surface area contributed by atoms with Gasteiger partial charge in [0.05, 0.1) is 6.10 Å². The van der Waals surface area contributed by atoms with Crippen molar-refractivity contribution < 1.29 is 5.11 Å². The van der Waals surface area contributed by atoms with Gasteiger partial charge < -0.3 is 14.4 Å². The summed E-state index contributed by atoms with van der Waals surface area (Å²) in [6.45, 7) is 7.69. The molecule has 0 aliphatic carbocycles. The Labute approximate surface area is 151 Å². The smallest absolute Gasteiger partial charge is 0.0780 e. The van der Waals surface area contributed by atoms with Crippen LogP contribution in [0.25, 0.3) is 5.52 Å². The van der Waals surface area contributed by atoms with Crippen molar-refractivity contribution in [2.45, 2.75) is 45.3 Å². The quantitative estimate of drug-likeness (QED) is 0.929. The largest absolute Gasteiger partial charge is 0.389 e. The first-order chi connectivity index (χ1) is 12.1. The van der Waals surface area contributed by atoms with Gasteiger partial charge in [-0.3, -0.25) is 4.90 Å². The number of aliphatic hydroxyl groups excluding tert-OH is 1. The van der Waals surface area contributed by atoms with Gasteiger partial charge in [-0.15, -0.1) is 0 Å². The zero-order chi connectivity index (χ0) is 17.4. The second kappa shape index (κ2) is 6.75. The molecule has 2 fully saturated rings. The third kappa shape index (κ3) is 3.35. The van der Waals surface area contributed by atoms with Crippen LogP contribution in [0.15, 0.2) is 30.5 Å². The van der Waals surface area contributed by atoms with Crippen molar-refractivity contribution in [3.63, 3.8) is 0 Å². The SMILES string of the molecule is CC(O)c1cc2ccccn2c1CN1CCC2(CCCN(C)C2)CC1. The van der Waals surface area contributed by atoms with E-state index in [1.54, 1.807) is 0 Å². The highest BCUT2D eigenvalue weighted by Gasteiger charge is 2.37. The molecule has 25 heavy (non-hydrogen) atoms. The van der Waals surface area contributed by atoms with Gasteiger partial charge in [-0.2, -0.15) is 0 Å². The molecule has 4 rings (SSSR count). The van der Waals surface area contributed by atoms with Crippen molar-refractivity contribution in [3.05, 3.63) is 41.7 Å². The number of rotatable bonds is 3. The number of piperidine rings is 2. The first-order valence-corrected chi connectivity index (χ1v) is 9.74. The Balaban J connectivity index is 1.50. The van der Waals surface area contributed by atoms with Crippen LogP contribution in [0.1, 0.15) is 50.0 Å². The summed E-state index contributed by atoms with van der Waals surface area (Å²) in [5, 5.41) is 10.2. The van der Waals surface area contributed by atoms with Gasteiger partial charge in [-0.25, -0.2) is 0 Å². The summed E-state index contributed by atoms with van der Waals surface area (Å²) in [5.41, 5.74) is 4.06. The lowest BCUT2D eigenvalue weighted by atomic mass is 9.72. The molecule has 2 saturated heterocycles. The summed E-state index contributed by atoms with van der Waals surface area (Å²) in [7, 11) is 2.27. The van der Waals surface area contributed by atoms with Crippen molar-refractivity contribution in [3.8, 4) is 0 Å². The molecule has 136 valence electrons. The molecule has 2 aromatic heterocycles. The Morgan fingerprint density at radius 3 is 2.68 bits per heavy atom. The Morgan fingerprint density at radius 1 is 1.16 bits per heavy atom. The number of likely N-dealkylation sites (tertiary alicyclic amines) is 2. The van der Waals surface area contributed by atoms with Crippen molar-refractivity contribution in [1.82, 2.24) is 14.2 Å². The molecule has 0 saturated carbocycles. The molecule has 2 aromatic rings.